The molecule has 0 radical (unpaired) electrons. The summed E-state index contributed by atoms with van der Waals surface area (Å²) in [4.78, 5) is 15.6. The number of carbonyl (C=O) groups excluding carboxylic acids is 1. The summed E-state index contributed by atoms with van der Waals surface area (Å²) in [5, 5.41) is 0.988. The van der Waals surface area contributed by atoms with Crippen LogP contribution in [0.4, 0.5) is 0 Å². The van der Waals surface area contributed by atoms with Gasteiger partial charge in [0, 0.05) is 28.9 Å². The topological polar surface area (TPSA) is 20.3 Å². The molecular weight excluding hydrogens is 310 g/mol. The molecular formula is C14H18BrNOS. The van der Waals surface area contributed by atoms with Crippen molar-refractivity contribution in [2.24, 2.45) is 5.92 Å². The highest BCUT2D eigenvalue weighted by molar-refractivity contribution is 9.09. The van der Waals surface area contributed by atoms with E-state index >= 15 is 0 Å². The summed E-state index contributed by atoms with van der Waals surface area (Å²) in [5.41, 5.74) is 0.808. The second-order valence-corrected chi connectivity index (χ2v) is 6.17. The van der Waals surface area contributed by atoms with Crippen LogP contribution < -0.4 is 0 Å². The molecule has 1 aliphatic rings. The lowest BCUT2D eigenvalue weighted by molar-refractivity contribution is 0.0686. The number of nitrogens with zero attached hydrogens (tertiary/aromatic N) is 1. The zero-order valence-electron chi connectivity index (χ0n) is 10.6. The number of amides is 1. The summed E-state index contributed by atoms with van der Waals surface area (Å²) in [7, 11) is 0. The standard InChI is InChI=1S/C14H18BrNOS/c1-18-13-6-4-12(5-7-13)14(17)16-8-2-3-11(9-15)10-16/h4-7,11H,2-3,8-10H2,1H3. The first-order valence-electron chi connectivity index (χ1n) is 6.24. The molecule has 1 atom stereocenters. The van der Waals surface area contributed by atoms with E-state index in [4.69, 9.17) is 0 Å². The molecule has 2 rings (SSSR count). The van der Waals surface area contributed by atoms with Gasteiger partial charge < -0.3 is 4.90 Å². The van der Waals surface area contributed by atoms with Crippen LogP contribution in [0.25, 0.3) is 0 Å². The Morgan fingerprint density at radius 3 is 2.78 bits per heavy atom. The zero-order chi connectivity index (χ0) is 13.0. The number of halogens is 1. The van der Waals surface area contributed by atoms with E-state index < -0.39 is 0 Å². The van der Waals surface area contributed by atoms with E-state index in [1.807, 2.05) is 35.4 Å². The third kappa shape index (κ3) is 3.29. The average molecular weight is 328 g/mol. The third-order valence-electron chi connectivity index (χ3n) is 3.36. The van der Waals surface area contributed by atoms with Gasteiger partial charge in [-0.15, -0.1) is 11.8 Å². The van der Waals surface area contributed by atoms with Crippen LogP contribution in [0.1, 0.15) is 23.2 Å². The Balaban J connectivity index is 2.05. The first-order chi connectivity index (χ1) is 8.74. The van der Waals surface area contributed by atoms with Gasteiger partial charge in [-0.3, -0.25) is 4.79 Å². The molecule has 1 amide bonds. The quantitative estimate of drug-likeness (QED) is 0.623. The first-order valence-corrected chi connectivity index (χ1v) is 8.58. The van der Waals surface area contributed by atoms with E-state index in [2.05, 4.69) is 15.9 Å². The SMILES string of the molecule is CSc1ccc(C(=O)N2CCCC(CBr)C2)cc1. The van der Waals surface area contributed by atoms with Gasteiger partial charge >= 0.3 is 0 Å². The third-order valence-corrected chi connectivity index (χ3v) is 5.02. The average Bonchev–Trinajstić information content (AvgIpc) is 2.46. The fourth-order valence-electron chi connectivity index (χ4n) is 2.29. The minimum absolute atomic E-state index is 0.174. The van der Waals surface area contributed by atoms with E-state index in [-0.39, 0.29) is 5.91 Å². The highest BCUT2D eigenvalue weighted by atomic mass is 79.9. The summed E-state index contributed by atoms with van der Waals surface area (Å²) >= 11 is 5.22. The Kier molecular flexibility index (Phi) is 5.13. The summed E-state index contributed by atoms with van der Waals surface area (Å²) in [6.45, 7) is 1.78. The first kappa shape index (κ1) is 13.9. The minimum Gasteiger partial charge on any atom is -0.338 e. The van der Waals surface area contributed by atoms with E-state index in [1.165, 1.54) is 11.3 Å². The van der Waals surface area contributed by atoms with Gasteiger partial charge in [-0.2, -0.15) is 0 Å². The van der Waals surface area contributed by atoms with Gasteiger partial charge in [0.15, 0.2) is 0 Å². The molecule has 4 heteroatoms. The Labute approximate surface area is 121 Å². The van der Waals surface area contributed by atoms with Crippen molar-refractivity contribution in [2.45, 2.75) is 17.7 Å². The Bertz CT molecular complexity index is 407. The van der Waals surface area contributed by atoms with Crippen molar-refractivity contribution in [1.82, 2.24) is 4.90 Å². The van der Waals surface area contributed by atoms with Crippen molar-refractivity contribution in [1.29, 1.82) is 0 Å². The van der Waals surface area contributed by atoms with Gasteiger partial charge in [-0.25, -0.2) is 0 Å². The van der Waals surface area contributed by atoms with Crippen LogP contribution >= 0.6 is 27.7 Å². The predicted molar refractivity (Wildman–Crippen MR) is 80.6 cm³/mol. The molecule has 0 aliphatic carbocycles. The second-order valence-electron chi connectivity index (χ2n) is 4.64. The highest BCUT2D eigenvalue weighted by Crippen LogP contribution is 2.21. The Morgan fingerprint density at radius 2 is 2.17 bits per heavy atom. The van der Waals surface area contributed by atoms with Gasteiger partial charge in [-0.05, 0) is 49.3 Å². The lowest BCUT2D eigenvalue weighted by Crippen LogP contribution is -2.40. The Morgan fingerprint density at radius 1 is 1.44 bits per heavy atom. The fourth-order valence-corrected chi connectivity index (χ4v) is 3.23. The number of thioether (sulfide) groups is 1. The van der Waals surface area contributed by atoms with Crippen LogP contribution in [0.5, 0.6) is 0 Å². The van der Waals surface area contributed by atoms with Crippen molar-refractivity contribution < 1.29 is 4.79 Å². The largest absolute Gasteiger partial charge is 0.338 e. The highest BCUT2D eigenvalue weighted by Gasteiger charge is 2.23. The van der Waals surface area contributed by atoms with Gasteiger partial charge in [0.25, 0.3) is 5.91 Å². The van der Waals surface area contributed by atoms with Crippen LogP contribution in [-0.4, -0.2) is 35.5 Å². The van der Waals surface area contributed by atoms with E-state index in [1.54, 1.807) is 11.8 Å². The molecule has 2 nitrogen and oxygen atoms in total. The molecule has 1 heterocycles. The van der Waals surface area contributed by atoms with Crippen LogP contribution in [-0.2, 0) is 0 Å². The van der Waals surface area contributed by atoms with Crippen LogP contribution in [0, 0.1) is 5.92 Å². The molecule has 0 bridgehead atoms. The van der Waals surface area contributed by atoms with E-state index in [9.17, 15) is 4.79 Å². The van der Waals surface area contributed by atoms with E-state index in [0.29, 0.717) is 5.92 Å². The molecule has 0 aromatic heterocycles. The number of rotatable bonds is 3. The van der Waals surface area contributed by atoms with Gasteiger partial charge in [0.05, 0.1) is 0 Å². The van der Waals surface area contributed by atoms with Crippen molar-refractivity contribution in [2.75, 3.05) is 24.7 Å². The molecule has 0 spiro atoms. The van der Waals surface area contributed by atoms with Crippen molar-refractivity contribution >= 4 is 33.6 Å². The molecule has 1 aromatic carbocycles. The van der Waals surface area contributed by atoms with Gasteiger partial charge in [0.2, 0.25) is 0 Å². The number of hydrogen-bond acceptors (Lipinski definition) is 2. The molecule has 98 valence electrons. The number of piperidine rings is 1. The normalized spacial score (nSPS) is 19.9. The molecule has 1 fully saturated rings. The molecule has 18 heavy (non-hydrogen) atoms. The summed E-state index contributed by atoms with van der Waals surface area (Å²) in [5.74, 6) is 0.779. The lowest BCUT2D eigenvalue weighted by atomic mass is 9.99. The maximum Gasteiger partial charge on any atom is 0.253 e. The fraction of sp³-hybridized carbons (Fsp3) is 0.500. The molecule has 1 aromatic rings. The molecule has 0 saturated carbocycles. The second kappa shape index (κ2) is 6.62. The van der Waals surface area contributed by atoms with Crippen molar-refractivity contribution in [3.8, 4) is 0 Å². The van der Waals surface area contributed by atoms with Crippen molar-refractivity contribution in [3.63, 3.8) is 0 Å². The zero-order valence-corrected chi connectivity index (χ0v) is 13.0. The Hall–Kier alpha value is -0.480. The van der Waals surface area contributed by atoms with Crippen LogP contribution in [0.2, 0.25) is 0 Å². The minimum atomic E-state index is 0.174. The molecule has 1 unspecified atom stereocenters. The van der Waals surface area contributed by atoms with Gasteiger partial charge in [-0.1, -0.05) is 15.9 Å². The smallest absolute Gasteiger partial charge is 0.253 e. The maximum absolute atomic E-state index is 12.4. The van der Waals surface area contributed by atoms with Crippen molar-refractivity contribution in [3.05, 3.63) is 29.8 Å². The number of likely N-dealkylation sites (tertiary alicyclic amines) is 1. The number of hydrogen-bond donors (Lipinski definition) is 0. The monoisotopic (exact) mass is 327 g/mol. The summed E-state index contributed by atoms with van der Waals surface area (Å²) < 4.78 is 0. The molecule has 0 N–H and O–H groups in total. The number of alkyl halides is 1. The maximum atomic E-state index is 12.4. The summed E-state index contributed by atoms with van der Waals surface area (Å²) in [6, 6.07) is 7.91. The molecule has 1 aliphatic heterocycles. The molecule has 1 saturated heterocycles. The van der Waals surface area contributed by atoms with Gasteiger partial charge in [0.1, 0.15) is 0 Å². The number of carbonyl (C=O) groups is 1. The number of benzene rings is 1. The summed E-state index contributed by atoms with van der Waals surface area (Å²) in [6.07, 6.45) is 4.38. The van der Waals surface area contributed by atoms with Crippen LogP contribution in [0.15, 0.2) is 29.2 Å². The van der Waals surface area contributed by atoms with Crippen LogP contribution in [0.3, 0.4) is 0 Å². The van der Waals surface area contributed by atoms with E-state index in [0.717, 1.165) is 30.4 Å². The predicted octanol–water partition coefficient (Wildman–Crippen LogP) is 3.66. The lowest BCUT2D eigenvalue weighted by Gasteiger charge is -2.32.